The summed E-state index contributed by atoms with van der Waals surface area (Å²) in [5.74, 6) is -0.894. The third-order valence-electron chi connectivity index (χ3n) is 7.08. The van der Waals surface area contributed by atoms with Crippen LogP contribution in [0.25, 0.3) is 11.2 Å². The van der Waals surface area contributed by atoms with E-state index >= 15 is 0 Å². The SMILES string of the molecule is NC(=O)c1ccc(=S)n([C@@H]2O[C@H](COP(=O)(O)OP(=O)(O)OC[C@H]3O[C@@H](n4cnc5c(N)ncnc54)[C@H](OP(=O)(O)O)[C@@H]3O)[C@@H](O)[C@H]2O)c1. The van der Waals surface area contributed by atoms with Crippen molar-refractivity contribution in [1.82, 2.24) is 24.1 Å². The Morgan fingerprint density at radius 3 is 2.12 bits per heavy atom. The fraction of sp³-hybridized carbons (Fsp3) is 0.476. The molecule has 0 aliphatic carbocycles. The zero-order valence-corrected chi connectivity index (χ0v) is 27.8. The highest BCUT2D eigenvalue weighted by Crippen LogP contribution is 2.61. The van der Waals surface area contributed by atoms with Crippen molar-refractivity contribution in [3.63, 3.8) is 0 Å². The van der Waals surface area contributed by atoms with Crippen LogP contribution in [0, 0.1) is 4.64 Å². The fourth-order valence-electron chi connectivity index (χ4n) is 4.87. The van der Waals surface area contributed by atoms with E-state index in [1.54, 1.807) is 0 Å². The molecule has 2 saturated heterocycles. The number of aromatic nitrogens is 5. The molecule has 5 rings (SSSR count). The third kappa shape index (κ3) is 8.47. The van der Waals surface area contributed by atoms with Crippen LogP contribution >= 0.6 is 35.7 Å². The van der Waals surface area contributed by atoms with Crippen molar-refractivity contribution in [2.24, 2.45) is 5.73 Å². The first-order valence-electron chi connectivity index (χ1n) is 13.5. The van der Waals surface area contributed by atoms with E-state index in [4.69, 9.17) is 42.2 Å². The van der Waals surface area contributed by atoms with Crippen molar-refractivity contribution in [3.8, 4) is 0 Å². The van der Waals surface area contributed by atoms with E-state index in [1.807, 2.05) is 0 Å². The Morgan fingerprint density at radius 2 is 1.51 bits per heavy atom. The van der Waals surface area contributed by atoms with Crippen LogP contribution in [0.2, 0.25) is 0 Å². The van der Waals surface area contributed by atoms with Gasteiger partial charge in [-0.1, -0.05) is 12.2 Å². The van der Waals surface area contributed by atoms with E-state index in [0.29, 0.717) is 0 Å². The first-order valence-corrected chi connectivity index (χ1v) is 18.4. The first kappa shape index (κ1) is 37.6. The lowest BCUT2D eigenvalue weighted by Gasteiger charge is -2.22. The highest BCUT2D eigenvalue weighted by Gasteiger charge is 2.50. The summed E-state index contributed by atoms with van der Waals surface area (Å²) >= 11 is 5.15. The van der Waals surface area contributed by atoms with Crippen LogP contribution < -0.4 is 11.5 Å². The van der Waals surface area contributed by atoms with E-state index in [-0.39, 0.29) is 27.2 Å². The molecule has 0 spiro atoms. The minimum absolute atomic E-state index is 0.00216. The second-order valence-corrected chi connectivity index (χ2v) is 15.0. The predicted octanol–water partition coefficient (Wildman–Crippen LogP) is -1.66. The number of nitrogen functional groups attached to an aromatic ring is 1. The number of carbonyl (C=O) groups excluding carboxylic acids is 1. The zero-order valence-electron chi connectivity index (χ0n) is 24.3. The molecule has 24 nitrogen and oxygen atoms in total. The number of hydrogen-bond acceptors (Lipinski definition) is 18. The Hall–Kier alpha value is -2.64. The van der Waals surface area contributed by atoms with Gasteiger partial charge in [0.1, 0.15) is 53.1 Å². The maximum atomic E-state index is 12.6. The Balaban J connectivity index is 1.22. The number of fused-ring (bicyclic) bond motifs is 1. The summed E-state index contributed by atoms with van der Waals surface area (Å²) in [5.41, 5.74) is 11.1. The van der Waals surface area contributed by atoms with E-state index in [2.05, 4.69) is 23.8 Å². The minimum Gasteiger partial charge on any atom is -0.387 e. The Bertz CT molecular complexity index is 1930. The number of phosphoric acid groups is 3. The molecule has 2 fully saturated rings. The molecule has 49 heavy (non-hydrogen) atoms. The number of rotatable bonds is 13. The van der Waals surface area contributed by atoms with E-state index in [1.165, 1.54) is 12.1 Å². The molecule has 0 bridgehead atoms. The van der Waals surface area contributed by atoms with Crippen LogP contribution in [0.5, 0.6) is 0 Å². The lowest BCUT2D eigenvalue weighted by atomic mass is 10.1. The Morgan fingerprint density at radius 1 is 0.898 bits per heavy atom. The number of aliphatic hydroxyl groups is 3. The molecule has 0 radical (unpaired) electrons. The van der Waals surface area contributed by atoms with Crippen molar-refractivity contribution in [3.05, 3.63) is 41.2 Å². The van der Waals surface area contributed by atoms with E-state index < -0.39 is 91.7 Å². The normalized spacial score (nSPS) is 29.9. The third-order valence-corrected chi connectivity index (χ3v) is 10.5. The number of pyridine rings is 1. The first-order chi connectivity index (χ1) is 22.8. The van der Waals surface area contributed by atoms with E-state index in [9.17, 15) is 53.4 Å². The van der Waals surface area contributed by atoms with Crippen molar-refractivity contribution in [2.45, 2.75) is 49.1 Å². The van der Waals surface area contributed by atoms with Crippen LogP contribution in [-0.4, -0.2) is 115 Å². The molecule has 11 N–H and O–H groups in total. The van der Waals surface area contributed by atoms with Gasteiger partial charge in [-0.15, -0.1) is 0 Å². The fourth-order valence-corrected chi connectivity index (χ4v) is 7.73. The van der Waals surface area contributed by atoms with Crippen molar-refractivity contribution < 1.29 is 80.7 Å². The second kappa shape index (κ2) is 14.2. The highest BCUT2D eigenvalue weighted by atomic mass is 32.1. The number of ether oxygens (including phenoxy) is 2. The molecule has 270 valence electrons. The molecule has 10 atom stereocenters. The lowest BCUT2D eigenvalue weighted by molar-refractivity contribution is -0.0544. The topological polar surface area (TPSA) is 366 Å². The average molecular weight is 775 g/mol. The maximum absolute atomic E-state index is 12.6. The summed E-state index contributed by atoms with van der Waals surface area (Å²) in [5, 5.41) is 31.7. The summed E-state index contributed by atoms with van der Waals surface area (Å²) in [6, 6.07) is 2.62. The summed E-state index contributed by atoms with van der Waals surface area (Å²) in [7, 11) is -16.3. The maximum Gasteiger partial charge on any atom is 0.481 e. The number of nitrogens with zero attached hydrogens (tertiary/aromatic N) is 5. The Kier molecular flexibility index (Phi) is 10.9. The highest BCUT2D eigenvalue weighted by molar-refractivity contribution is 7.71. The molecule has 2 unspecified atom stereocenters. The van der Waals surface area contributed by atoms with Crippen LogP contribution in [0.4, 0.5) is 5.82 Å². The monoisotopic (exact) mass is 775 g/mol. The molecule has 3 aromatic rings. The van der Waals surface area contributed by atoms with Crippen LogP contribution in [0.1, 0.15) is 22.8 Å². The molecule has 5 heterocycles. The van der Waals surface area contributed by atoms with Gasteiger partial charge in [0.05, 0.1) is 25.1 Å². The van der Waals surface area contributed by atoms with Gasteiger partial charge in [-0.3, -0.25) is 22.9 Å². The van der Waals surface area contributed by atoms with Gasteiger partial charge in [-0.25, -0.2) is 28.6 Å². The van der Waals surface area contributed by atoms with Crippen molar-refractivity contribution in [2.75, 3.05) is 18.9 Å². The van der Waals surface area contributed by atoms with Crippen LogP contribution in [-0.2, 0) is 41.1 Å². The van der Waals surface area contributed by atoms with Gasteiger partial charge in [-0.2, -0.15) is 4.31 Å². The quantitative estimate of drug-likeness (QED) is 0.0693. The molecule has 2 aliphatic rings. The van der Waals surface area contributed by atoms with Gasteiger partial charge >= 0.3 is 23.5 Å². The standard InChI is InChI=1S/C21H28N7O17P3S/c22-17-12-19(25-6-24-17)28(7-26-12)21-16(44-46(33,34)35)14(30)10(43-21)5-41-48(38,39)45-47(36,37)40-4-9-13(29)15(31)20(42-9)27-3-8(18(23)32)1-2-11(27)49/h1-3,6-7,9-10,13-16,20-21,29-31H,4-5H2,(H2,23,32)(H,36,37)(H,38,39)(H2,22,24,25)(H2,33,34,35)/t9-,10-,13-,14-,15-,16-,20-,21-/m1/s1. The number of imidazole rings is 1. The Labute approximate surface area is 278 Å². The average Bonchev–Trinajstić information content (AvgIpc) is 3.64. The molecule has 0 saturated carbocycles. The minimum atomic E-state index is -5.54. The number of phosphoric ester groups is 3. The molecule has 3 aromatic heterocycles. The number of nitrogens with two attached hydrogens (primary N) is 2. The van der Waals surface area contributed by atoms with Crippen LogP contribution in [0.3, 0.4) is 0 Å². The molecule has 1 amide bonds. The van der Waals surface area contributed by atoms with Crippen molar-refractivity contribution in [1.29, 1.82) is 0 Å². The largest absolute Gasteiger partial charge is 0.481 e. The predicted molar refractivity (Wildman–Crippen MR) is 159 cm³/mol. The van der Waals surface area contributed by atoms with Gasteiger partial charge in [0, 0.05) is 6.20 Å². The molecular weight excluding hydrogens is 747 g/mol. The molecular formula is C21H28N7O17P3S. The molecule has 0 aromatic carbocycles. The van der Waals surface area contributed by atoms with Gasteiger partial charge in [-0.05, 0) is 12.1 Å². The lowest BCUT2D eigenvalue weighted by Crippen LogP contribution is -2.35. The smallest absolute Gasteiger partial charge is 0.387 e. The number of amides is 1. The molecule has 2 aliphatic heterocycles. The van der Waals surface area contributed by atoms with E-state index in [0.717, 1.165) is 28.0 Å². The number of primary amides is 1. The number of anilines is 1. The van der Waals surface area contributed by atoms with Crippen molar-refractivity contribution >= 4 is 58.6 Å². The summed E-state index contributed by atoms with van der Waals surface area (Å²) in [4.78, 5) is 62.3. The summed E-state index contributed by atoms with van der Waals surface area (Å²) < 4.78 is 68.4. The van der Waals surface area contributed by atoms with Gasteiger partial charge in [0.25, 0.3) is 0 Å². The van der Waals surface area contributed by atoms with Gasteiger partial charge < -0.3 is 60.4 Å². The molecule has 28 heteroatoms. The van der Waals surface area contributed by atoms with Gasteiger partial charge in [0.15, 0.2) is 23.9 Å². The number of carbonyl (C=O) groups is 1. The zero-order chi connectivity index (χ0) is 36.1. The number of hydrogen-bond donors (Lipinski definition) is 9. The summed E-state index contributed by atoms with van der Waals surface area (Å²) in [6.45, 7) is -2.08. The van der Waals surface area contributed by atoms with Crippen LogP contribution in [0.15, 0.2) is 31.0 Å². The summed E-state index contributed by atoms with van der Waals surface area (Å²) in [6.07, 6.45) is -10.2. The second-order valence-electron chi connectivity index (χ2n) is 10.4. The number of aliphatic hydroxyl groups excluding tert-OH is 3. The van der Waals surface area contributed by atoms with Gasteiger partial charge in [0.2, 0.25) is 5.91 Å².